The van der Waals surface area contributed by atoms with Gasteiger partial charge in [-0.1, -0.05) is 39.0 Å². The van der Waals surface area contributed by atoms with E-state index in [0.717, 1.165) is 12.1 Å². The molecule has 4 rings (SSSR count). The molecule has 4 aromatic rings. The Morgan fingerprint density at radius 2 is 1.60 bits per heavy atom. The van der Waals surface area contributed by atoms with E-state index in [-0.39, 0.29) is 29.0 Å². The van der Waals surface area contributed by atoms with Crippen LogP contribution in [0.25, 0.3) is 22.0 Å². The number of aromatic carboxylic acids is 1. The van der Waals surface area contributed by atoms with Crippen molar-refractivity contribution in [1.82, 2.24) is 4.98 Å². The molecule has 10 heteroatoms. The number of hydrogen-bond donors (Lipinski definition) is 3. The number of nitrogens with one attached hydrogen (secondary N) is 2. The van der Waals surface area contributed by atoms with Crippen LogP contribution in [0, 0.1) is 5.41 Å². The monoisotopic (exact) mass is 554 g/mol. The molecule has 0 saturated carbocycles. The van der Waals surface area contributed by atoms with E-state index in [4.69, 9.17) is 9.47 Å². The third-order valence-electron chi connectivity index (χ3n) is 5.94. The van der Waals surface area contributed by atoms with Crippen LogP contribution in [0.4, 0.5) is 18.9 Å². The number of H-pyrrole nitrogens is 1. The molecule has 0 atom stereocenters. The van der Waals surface area contributed by atoms with Crippen molar-refractivity contribution in [2.75, 3.05) is 5.32 Å². The van der Waals surface area contributed by atoms with Crippen LogP contribution in [0.5, 0.6) is 17.2 Å². The lowest BCUT2D eigenvalue weighted by Crippen LogP contribution is -2.28. The number of ether oxygens (including phenoxy) is 2. The molecule has 0 aliphatic carbocycles. The topological polar surface area (TPSA) is 101 Å². The van der Waals surface area contributed by atoms with Gasteiger partial charge in [-0.2, -0.15) is 13.2 Å². The van der Waals surface area contributed by atoms with E-state index in [0.29, 0.717) is 27.8 Å². The van der Waals surface area contributed by atoms with Gasteiger partial charge in [-0.05, 0) is 61.4 Å². The maximum atomic E-state index is 13.3. The summed E-state index contributed by atoms with van der Waals surface area (Å²) in [5.41, 5.74) is -0.422. The SMILES string of the molecule is CC(C)Oc1ccc(-c2cc(Oc3cccc(C(F)(F)F)c3)cc3[nH]c(C(=O)O)c(NC(=O)C(C)(C)C)c23)cc1. The van der Waals surface area contributed by atoms with E-state index in [1.54, 1.807) is 51.1 Å². The van der Waals surface area contributed by atoms with Gasteiger partial charge in [-0.15, -0.1) is 0 Å². The Bertz CT molecular complexity index is 1570. The number of carboxylic acids is 1. The van der Waals surface area contributed by atoms with E-state index in [1.807, 2.05) is 13.8 Å². The van der Waals surface area contributed by atoms with Crippen molar-refractivity contribution in [1.29, 1.82) is 0 Å². The van der Waals surface area contributed by atoms with Gasteiger partial charge < -0.3 is 24.9 Å². The first-order valence-electron chi connectivity index (χ1n) is 12.5. The second-order valence-electron chi connectivity index (χ2n) is 10.6. The Hall–Kier alpha value is -4.47. The Morgan fingerprint density at radius 3 is 2.17 bits per heavy atom. The first-order chi connectivity index (χ1) is 18.6. The summed E-state index contributed by atoms with van der Waals surface area (Å²) in [7, 11) is 0. The molecule has 1 amide bonds. The van der Waals surface area contributed by atoms with E-state index in [1.165, 1.54) is 18.2 Å². The standard InChI is InChI=1S/C30H29F3N2O5/c1-16(2)39-19-11-9-17(10-12-19)22-14-21(40-20-8-6-7-18(13-20)30(31,32)33)15-23-24(22)25(26(34-23)27(36)37)35-28(38)29(3,4)5/h6-16,34H,1-5H3,(H,35,38)(H,36,37). The van der Waals surface area contributed by atoms with Gasteiger partial charge in [0.05, 0.1) is 22.9 Å². The molecule has 0 aliphatic heterocycles. The average molecular weight is 555 g/mol. The summed E-state index contributed by atoms with van der Waals surface area (Å²) in [6, 6.07) is 14.6. The van der Waals surface area contributed by atoms with Crippen LogP contribution >= 0.6 is 0 Å². The highest BCUT2D eigenvalue weighted by Gasteiger charge is 2.31. The van der Waals surface area contributed by atoms with Gasteiger partial charge in [0.2, 0.25) is 5.91 Å². The normalized spacial score (nSPS) is 12.0. The smallest absolute Gasteiger partial charge is 0.416 e. The predicted octanol–water partition coefficient (Wildman–Crippen LogP) is 8.12. The number of anilines is 1. The lowest BCUT2D eigenvalue weighted by molar-refractivity contribution is -0.137. The molecule has 1 aromatic heterocycles. The fraction of sp³-hybridized carbons (Fsp3) is 0.267. The summed E-state index contributed by atoms with van der Waals surface area (Å²) in [5, 5.41) is 13.1. The number of carbonyl (C=O) groups excluding carboxylic acids is 1. The van der Waals surface area contributed by atoms with Crippen molar-refractivity contribution < 1.29 is 37.3 Å². The predicted molar refractivity (Wildman–Crippen MR) is 146 cm³/mol. The number of aromatic nitrogens is 1. The highest BCUT2D eigenvalue weighted by Crippen LogP contribution is 2.42. The number of halogens is 3. The fourth-order valence-corrected chi connectivity index (χ4v) is 4.04. The molecular weight excluding hydrogens is 525 g/mol. The van der Waals surface area contributed by atoms with Gasteiger partial charge in [0.15, 0.2) is 0 Å². The van der Waals surface area contributed by atoms with Crippen molar-refractivity contribution in [3.05, 3.63) is 71.9 Å². The number of benzene rings is 3. The molecule has 0 saturated heterocycles. The number of hydrogen-bond acceptors (Lipinski definition) is 4. The second-order valence-corrected chi connectivity index (χ2v) is 10.6. The lowest BCUT2D eigenvalue weighted by atomic mass is 9.95. The lowest BCUT2D eigenvalue weighted by Gasteiger charge is -2.18. The molecule has 210 valence electrons. The number of aromatic amines is 1. The largest absolute Gasteiger partial charge is 0.491 e. The summed E-state index contributed by atoms with van der Waals surface area (Å²) in [4.78, 5) is 27.9. The third-order valence-corrected chi connectivity index (χ3v) is 5.94. The van der Waals surface area contributed by atoms with E-state index in [9.17, 15) is 27.9 Å². The molecule has 0 unspecified atom stereocenters. The quantitative estimate of drug-likeness (QED) is 0.214. The fourth-order valence-electron chi connectivity index (χ4n) is 4.04. The molecule has 1 heterocycles. The molecule has 0 spiro atoms. The van der Waals surface area contributed by atoms with Crippen LogP contribution < -0.4 is 14.8 Å². The Labute approximate surface area is 228 Å². The molecule has 0 aliphatic rings. The number of alkyl halides is 3. The van der Waals surface area contributed by atoms with Crippen LogP contribution in [-0.4, -0.2) is 28.1 Å². The van der Waals surface area contributed by atoms with Crippen LogP contribution in [0.2, 0.25) is 0 Å². The second kappa shape index (κ2) is 10.6. The van der Waals surface area contributed by atoms with Crippen molar-refractivity contribution in [2.24, 2.45) is 5.41 Å². The first-order valence-corrected chi connectivity index (χ1v) is 12.5. The molecule has 0 fully saturated rings. The highest BCUT2D eigenvalue weighted by molar-refractivity contribution is 6.16. The molecular formula is C30H29F3N2O5. The summed E-state index contributed by atoms with van der Waals surface area (Å²) < 4.78 is 51.3. The van der Waals surface area contributed by atoms with E-state index < -0.39 is 29.0 Å². The minimum absolute atomic E-state index is 0.0490. The number of carbonyl (C=O) groups is 2. The van der Waals surface area contributed by atoms with Gasteiger partial charge in [0.1, 0.15) is 22.9 Å². The summed E-state index contributed by atoms with van der Waals surface area (Å²) in [6.45, 7) is 8.89. The zero-order valence-corrected chi connectivity index (χ0v) is 22.6. The number of rotatable bonds is 7. The summed E-state index contributed by atoms with van der Waals surface area (Å²) in [5.74, 6) is -0.963. The molecule has 0 bridgehead atoms. The van der Waals surface area contributed by atoms with E-state index >= 15 is 0 Å². The Balaban J connectivity index is 1.91. The average Bonchev–Trinajstić information content (AvgIpc) is 3.21. The minimum Gasteiger partial charge on any atom is -0.491 e. The Kier molecular flexibility index (Phi) is 7.56. The van der Waals surface area contributed by atoms with Crippen LogP contribution in [0.3, 0.4) is 0 Å². The van der Waals surface area contributed by atoms with Gasteiger partial charge in [-0.25, -0.2) is 4.79 Å². The number of fused-ring (bicyclic) bond motifs is 1. The number of amides is 1. The van der Waals surface area contributed by atoms with Crippen LogP contribution in [-0.2, 0) is 11.0 Å². The molecule has 3 aromatic carbocycles. The van der Waals surface area contributed by atoms with Gasteiger partial charge in [0, 0.05) is 16.9 Å². The number of carboxylic acid groups (broad SMARTS) is 1. The maximum absolute atomic E-state index is 13.3. The van der Waals surface area contributed by atoms with Crippen molar-refractivity contribution >= 4 is 28.5 Å². The zero-order chi connectivity index (χ0) is 29.4. The van der Waals surface area contributed by atoms with Crippen molar-refractivity contribution in [3.8, 4) is 28.4 Å². The van der Waals surface area contributed by atoms with Crippen LogP contribution in [0.1, 0.15) is 50.7 Å². The highest BCUT2D eigenvalue weighted by atomic mass is 19.4. The zero-order valence-electron chi connectivity index (χ0n) is 22.6. The first kappa shape index (κ1) is 28.5. The molecule has 3 N–H and O–H groups in total. The van der Waals surface area contributed by atoms with Gasteiger partial charge in [-0.3, -0.25) is 4.79 Å². The summed E-state index contributed by atoms with van der Waals surface area (Å²) in [6.07, 6.45) is -4.60. The van der Waals surface area contributed by atoms with Crippen molar-refractivity contribution in [2.45, 2.75) is 46.9 Å². The molecule has 0 radical (unpaired) electrons. The van der Waals surface area contributed by atoms with Crippen LogP contribution in [0.15, 0.2) is 60.7 Å². The van der Waals surface area contributed by atoms with Crippen molar-refractivity contribution in [3.63, 3.8) is 0 Å². The summed E-state index contributed by atoms with van der Waals surface area (Å²) >= 11 is 0. The molecule has 40 heavy (non-hydrogen) atoms. The maximum Gasteiger partial charge on any atom is 0.416 e. The third kappa shape index (κ3) is 6.22. The molecule has 7 nitrogen and oxygen atoms in total. The van der Waals surface area contributed by atoms with Gasteiger partial charge >= 0.3 is 12.1 Å². The Morgan fingerprint density at radius 1 is 0.925 bits per heavy atom. The minimum atomic E-state index is -4.55. The van der Waals surface area contributed by atoms with E-state index in [2.05, 4.69) is 10.3 Å². The van der Waals surface area contributed by atoms with Gasteiger partial charge in [0.25, 0.3) is 0 Å².